The zero-order valence-electron chi connectivity index (χ0n) is 20.3. The highest BCUT2D eigenvalue weighted by molar-refractivity contribution is 5.92. The van der Waals surface area contributed by atoms with Crippen molar-refractivity contribution in [3.8, 4) is 11.4 Å². The number of amides is 1. The third-order valence-electron chi connectivity index (χ3n) is 6.09. The Kier molecular flexibility index (Phi) is 6.54. The van der Waals surface area contributed by atoms with Crippen molar-refractivity contribution >= 4 is 22.6 Å². The third-order valence-corrected chi connectivity index (χ3v) is 6.09. The number of rotatable bonds is 7. The lowest BCUT2D eigenvalue weighted by atomic mass is 10.0. The first-order chi connectivity index (χ1) is 16.3. The molecular formula is C27H30N4O3. The fourth-order valence-corrected chi connectivity index (χ4v) is 4.34. The highest BCUT2D eigenvalue weighted by Gasteiger charge is 2.20. The summed E-state index contributed by atoms with van der Waals surface area (Å²) >= 11 is 0. The molecule has 2 aromatic heterocycles. The van der Waals surface area contributed by atoms with Crippen LogP contribution in [0.3, 0.4) is 0 Å². The van der Waals surface area contributed by atoms with Gasteiger partial charge in [0.15, 0.2) is 0 Å². The average molecular weight is 459 g/mol. The van der Waals surface area contributed by atoms with Crippen LogP contribution in [0.15, 0.2) is 53.3 Å². The van der Waals surface area contributed by atoms with Gasteiger partial charge in [-0.1, -0.05) is 29.8 Å². The molecular weight excluding hydrogens is 428 g/mol. The molecule has 0 radical (unpaired) electrons. The second-order valence-electron chi connectivity index (χ2n) is 8.48. The number of benzene rings is 2. The maximum atomic E-state index is 13.3. The Morgan fingerprint density at radius 1 is 1.06 bits per heavy atom. The van der Waals surface area contributed by atoms with E-state index in [0.29, 0.717) is 30.0 Å². The number of hydrogen-bond donors (Lipinski definition) is 1. The van der Waals surface area contributed by atoms with Gasteiger partial charge in [0, 0.05) is 24.4 Å². The molecule has 0 aliphatic heterocycles. The van der Waals surface area contributed by atoms with E-state index in [1.54, 1.807) is 11.6 Å². The van der Waals surface area contributed by atoms with E-state index >= 15 is 0 Å². The van der Waals surface area contributed by atoms with Crippen LogP contribution >= 0.6 is 0 Å². The maximum absolute atomic E-state index is 13.3. The first kappa shape index (κ1) is 23.3. The third kappa shape index (κ3) is 4.33. The van der Waals surface area contributed by atoms with Crippen LogP contribution in [0.2, 0.25) is 0 Å². The van der Waals surface area contributed by atoms with Crippen LogP contribution in [0.5, 0.6) is 5.75 Å². The van der Waals surface area contributed by atoms with Crippen LogP contribution in [0.4, 0.5) is 5.69 Å². The number of aromatic nitrogens is 3. The van der Waals surface area contributed by atoms with Crippen molar-refractivity contribution in [3.63, 3.8) is 0 Å². The lowest BCUT2D eigenvalue weighted by molar-refractivity contribution is -0.116. The molecule has 0 saturated heterocycles. The topological polar surface area (TPSA) is 78.2 Å². The Bertz CT molecular complexity index is 1410. The number of carbonyl (C=O) groups is 1. The molecule has 2 aromatic carbocycles. The van der Waals surface area contributed by atoms with Crippen LogP contribution in [0.1, 0.15) is 35.7 Å². The SMILES string of the molecule is CCOc1ccccc1NC(=O)CCc1c(C)c2c(C)nn(-c3ccc(C)cc3)c2n(C)c1=O. The van der Waals surface area contributed by atoms with Crippen molar-refractivity contribution in [1.29, 1.82) is 0 Å². The molecule has 34 heavy (non-hydrogen) atoms. The predicted molar refractivity (Wildman–Crippen MR) is 135 cm³/mol. The lowest BCUT2D eigenvalue weighted by Crippen LogP contribution is -2.25. The van der Waals surface area contributed by atoms with Crippen LogP contribution in [0, 0.1) is 20.8 Å². The second-order valence-corrected chi connectivity index (χ2v) is 8.48. The first-order valence-electron chi connectivity index (χ1n) is 11.5. The molecule has 0 aliphatic rings. The van der Waals surface area contributed by atoms with Gasteiger partial charge in [-0.15, -0.1) is 0 Å². The molecule has 0 aliphatic carbocycles. The number of carbonyl (C=O) groups excluding carboxylic acids is 1. The minimum atomic E-state index is -0.166. The molecule has 0 fully saturated rings. The number of fused-ring (bicyclic) bond motifs is 1. The second kappa shape index (κ2) is 9.55. The van der Waals surface area contributed by atoms with Gasteiger partial charge >= 0.3 is 0 Å². The average Bonchev–Trinajstić information content (AvgIpc) is 3.17. The van der Waals surface area contributed by atoms with E-state index in [9.17, 15) is 9.59 Å². The number of pyridine rings is 1. The number of nitrogens with one attached hydrogen (secondary N) is 1. The quantitative estimate of drug-likeness (QED) is 0.438. The molecule has 7 heteroatoms. The molecule has 0 bridgehead atoms. The van der Waals surface area contributed by atoms with E-state index in [2.05, 4.69) is 5.32 Å². The Labute approximate surface area is 199 Å². The van der Waals surface area contributed by atoms with Gasteiger partial charge in [0.05, 0.1) is 23.7 Å². The number of ether oxygens (including phenoxy) is 1. The van der Waals surface area contributed by atoms with Crippen LogP contribution in [0.25, 0.3) is 16.7 Å². The molecule has 1 amide bonds. The molecule has 0 spiro atoms. The summed E-state index contributed by atoms with van der Waals surface area (Å²) in [5, 5.41) is 8.59. The van der Waals surface area contributed by atoms with Gasteiger partial charge in [-0.2, -0.15) is 5.10 Å². The molecule has 0 atom stereocenters. The number of aryl methyl sites for hydroxylation is 4. The van der Waals surface area contributed by atoms with Crippen LogP contribution in [-0.2, 0) is 18.3 Å². The number of nitrogens with zero attached hydrogens (tertiary/aromatic N) is 3. The largest absolute Gasteiger partial charge is 0.492 e. The Balaban J connectivity index is 1.64. The minimum absolute atomic E-state index is 0.110. The van der Waals surface area contributed by atoms with Gasteiger partial charge in [0.1, 0.15) is 11.4 Å². The van der Waals surface area contributed by atoms with Gasteiger partial charge in [-0.05, 0) is 63.9 Å². The summed E-state index contributed by atoms with van der Waals surface area (Å²) in [7, 11) is 1.76. The molecule has 1 N–H and O–H groups in total. The van der Waals surface area contributed by atoms with Gasteiger partial charge < -0.3 is 10.1 Å². The summed E-state index contributed by atoms with van der Waals surface area (Å²) in [6.45, 7) is 8.34. The molecule has 4 rings (SSSR count). The van der Waals surface area contributed by atoms with Crippen LogP contribution in [-0.4, -0.2) is 26.9 Å². The Morgan fingerprint density at radius 3 is 2.47 bits per heavy atom. The minimum Gasteiger partial charge on any atom is -0.492 e. The first-order valence-corrected chi connectivity index (χ1v) is 11.5. The maximum Gasteiger partial charge on any atom is 0.255 e. The number of anilines is 1. The lowest BCUT2D eigenvalue weighted by Gasteiger charge is -2.14. The number of hydrogen-bond acceptors (Lipinski definition) is 4. The van der Waals surface area contributed by atoms with E-state index in [-0.39, 0.29) is 17.9 Å². The fraction of sp³-hybridized carbons (Fsp3) is 0.296. The van der Waals surface area contributed by atoms with E-state index in [1.165, 1.54) is 0 Å². The van der Waals surface area contributed by atoms with Crippen molar-refractivity contribution in [3.05, 3.63) is 81.3 Å². The van der Waals surface area contributed by atoms with E-state index < -0.39 is 0 Å². The van der Waals surface area contributed by atoms with E-state index in [4.69, 9.17) is 9.84 Å². The van der Waals surface area contributed by atoms with Crippen molar-refractivity contribution in [2.45, 2.75) is 40.5 Å². The normalized spacial score (nSPS) is 11.1. The summed E-state index contributed by atoms with van der Waals surface area (Å²) in [6.07, 6.45) is 0.527. The molecule has 2 heterocycles. The fourth-order valence-electron chi connectivity index (χ4n) is 4.34. The molecule has 0 saturated carbocycles. The van der Waals surface area contributed by atoms with Gasteiger partial charge in [-0.3, -0.25) is 14.2 Å². The van der Waals surface area contributed by atoms with Crippen molar-refractivity contribution in [2.75, 3.05) is 11.9 Å². The van der Waals surface area contributed by atoms with E-state index in [0.717, 1.165) is 33.5 Å². The van der Waals surface area contributed by atoms with Crippen molar-refractivity contribution in [1.82, 2.24) is 14.3 Å². The summed E-state index contributed by atoms with van der Waals surface area (Å²) in [6, 6.07) is 15.4. The molecule has 176 valence electrons. The summed E-state index contributed by atoms with van der Waals surface area (Å²) < 4.78 is 9.04. The van der Waals surface area contributed by atoms with Crippen molar-refractivity contribution in [2.24, 2.45) is 7.05 Å². The van der Waals surface area contributed by atoms with Crippen LogP contribution < -0.4 is 15.6 Å². The smallest absolute Gasteiger partial charge is 0.255 e. The van der Waals surface area contributed by atoms with Gasteiger partial charge in [-0.25, -0.2) is 4.68 Å². The Morgan fingerprint density at radius 2 is 1.76 bits per heavy atom. The summed E-state index contributed by atoms with van der Waals surface area (Å²) in [5.41, 5.74) is 5.68. The van der Waals surface area contributed by atoms with Crippen molar-refractivity contribution < 1.29 is 9.53 Å². The Hall–Kier alpha value is -3.87. The summed E-state index contributed by atoms with van der Waals surface area (Å²) in [4.78, 5) is 26.0. The molecule has 0 unspecified atom stereocenters. The zero-order chi connectivity index (χ0) is 24.4. The monoisotopic (exact) mass is 458 g/mol. The zero-order valence-corrected chi connectivity index (χ0v) is 20.3. The summed E-state index contributed by atoms with van der Waals surface area (Å²) in [5.74, 6) is 0.465. The molecule has 7 nitrogen and oxygen atoms in total. The van der Waals surface area contributed by atoms with E-state index in [1.807, 2.05) is 80.9 Å². The highest BCUT2D eigenvalue weighted by Crippen LogP contribution is 2.27. The number of para-hydroxylation sites is 2. The highest BCUT2D eigenvalue weighted by atomic mass is 16.5. The molecule has 4 aromatic rings. The van der Waals surface area contributed by atoms with Gasteiger partial charge in [0.2, 0.25) is 5.91 Å². The van der Waals surface area contributed by atoms with Gasteiger partial charge in [0.25, 0.3) is 5.56 Å². The predicted octanol–water partition coefficient (Wildman–Crippen LogP) is 4.62. The standard InChI is InChI=1S/C27H30N4O3/c1-6-34-23-10-8-7-9-22(23)28-24(32)16-15-21-18(3)25-19(4)29-31(26(25)30(5)27(21)33)20-13-11-17(2)12-14-20/h7-14H,6,15-16H2,1-5H3,(H,28,32).